The Kier molecular flexibility index (Phi) is 2.44. The summed E-state index contributed by atoms with van der Waals surface area (Å²) in [5.41, 5.74) is 2.28. The van der Waals surface area contributed by atoms with Crippen molar-refractivity contribution < 1.29 is 4.57 Å². The lowest BCUT2D eigenvalue weighted by molar-refractivity contribution is 0.588. The van der Waals surface area contributed by atoms with E-state index in [-0.39, 0.29) is 0 Å². The fourth-order valence-corrected chi connectivity index (χ4v) is 3.50. The van der Waals surface area contributed by atoms with Gasteiger partial charge in [-0.3, -0.25) is 0 Å². The van der Waals surface area contributed by atoms with Crippen LogP contribution in [0.5, 0.6) is 0 Å². The Morgan fingerprint density at radius 1 is 1.08 bits per heavy atom. The summed E-state index contributed by atoms with van der Waals surface area (Å²) in [6, 6.07) is 6.04. The van der Waals surface area contributed by atoms with E-state index in [1.807, 2.05) is 45.4 Å². The molecule has 66 valence electrons. The van der Waals surface area contributed by atoms with Crippen molar-refractivity contribution in [2.24, 2.45) is 0 Å². The predicted octanol–water partition coefficient (Wildman–Crippen LogP) is 2.55. The van der Waals surface area contributed by atoms with Crippen LogP contribution in [0.15, 0.2) is 18.2 Å². The lowest BCUT2D eigenvalue weighted by atomic mass is 10.2. The summed E-state index contributed by atoms with van der Waals surface area (Å²) >= 11 is 0. The van der Waals surface area contributed by atoms with Crippen LogP contribution < -0.4 is 5.30 Å². The van der Waals surface area contributed by atoms with Gasteiger partial charge in [-0.1, -0.05) is 18.2 Å². The second-order valence-electron chi connectivity index (χ2n) is 3.59. The van der Waals surface area contributed by atoms with E-state index in [1.165, 1.54) is 0 Å². The van der Waals surface area contributed by atoms with E-state index in [0.29, 0.717) is 0 Å². The summed E-state index contributed by atoms with van der Waals surface area (Å²) in [7, 11) is -2.09. The molecule has 0 saturated heterocycles. The van der Waals surface area contributed by atoms with Gasteiger partial charge >= 0.3 is 0 Å². The molecule has 0 aliphatic carbocycles. The van der Waals surface area contributed by atoms with Gasteiger partial charge < -0.3 is 4.57 Å². The third-order valence-electron chi connectivity index (χ3n) is 1.98. The van der Waals surface area contributed by atoms with Crippen LogP contribution in [0, 0.1) is 13.8 Å². The van der Waals surface area contributed by atoms with Crippen molar-refractivity contribution in [1.29, 1.82) is 0 Å². The van der Waals surface area contributed by atoms with Crippen LogP contribution in [0.4, 0.5) is 0 Å². The van der Waals surface area contributed by atoms with Gasteiger partial charge in [-0.05, 0) is 38.3 Å². The summed E-state index contributed by atoms with van der Waals surface area (Å²) in [5, 5.41) is 1.05. The first kappa shape index (κ1) is 9.54. The first-order valence-corrected chi connectivity index (χ1v) is 6.65. The monoisotopic (exact) mass is 182 g/mol. The molecule has 0 amide bonds. The van der Waals surface area contributed by atoms with Crippen LogP contribution in [0.1, 0.15) is 11.1 Å². The highest BCUT2D eigenvalue weighted by Gasteiger charge is 2.15. The minimum Gasteiger partial charge on any atom is -0.319 e. The topological polar surface area (TPSA) is 17.1 Å². The molecular weight excluding hydrogens is 167 g/mol. The number of aryl methyl sites for hydroxylation is 2. The van der Waals surface area contributed by atoms with Gasteiger partial charge in [-0.25, -0.2) is 0 Å². The summed E-state index contributed by atoms with van der Waals surface area (Å²) in [5.74, 6) is 0. The molecule has 0 fully saturated rings. The predicted molar refractivity (Wildman–Crippen MR) is 55.0 cm³/mol. The van der Waals surface area contributed by atoms with Crippen LogP contribution in [0.25, 0.3) is 0 Å². The van der Waals surface area contributed by atoms with E-state index in [4.69, 9.17) is 0 Å². The Labute approximate surface area is 74.2 Å². The Hall–Kier alpha value is -0.550. The molecule has 0 N–H and O–H groups in total. The van der Waals surface area contributed by atoms with Crippen LogP contribution >= 0.6 is 7.14 Å². The molecule has 12 heavy (non-hydrogen) atoms. The normalized spacial score (nSPS) is 11.7. The van der Waals surface area contributed by atoms with Gasteiger partial charge in [0.15, 0.2) is 0 Å². The smallest absolute Gasteiger partial charge is 0.110 e. The van der Waals surface area contributed by atoms with Crippen molar-refractivity contribution >= 4 is 12.4 Å². The van der Waals surface area contributed by atoms with E-state index in [2.05, 4.69) is 0 Å². The van der Waals surface area contributed by atoms with Crippen LogP contribution in [0.2, 0.25) is 0 Å². The highest BCUT2D eigenvalue weighted by molar-refractivity contribution is 7.70. The molecule has 1 aromatic carbocycles. The summed E-state index contributed by atoms with van der Waals surface area (Å²) in [6.45, 7) is 7.68. The van der Waals surface area contributed by atoms with E-state index >= 15 is 0 Å². The molecule has 0 bridgehead atoms. The van der Waals surface area contributed by atoms with Crippen molar-refractivity contribution in [3.63, 3.8) is 0 Å². The second kappa shape index (κ2) is 3.06. The zero-order chi connectivity index (χ0) is 9.35. The van der Waals surface area contributed by atoms with Gasteiger partial charge in [0.25, 0.3) is 0 Å². The van der Waals surface area contributed by atoms with Crippen LogP contribution in [-0.4, -0.2) is 13.3 Å². The molecule has 0 aromatic heterocycles. The standard InChI is InChI=1S/C10H15OP/c1-8-6-5-7-9(2)10(8)12(3,4)11/h5-7H,1-4H3. The van der Waals surface area contributed by atoms with Crippen molar-refractivity contribution in [2.45, 2.75) is 13.8 Å². The SMILES string of the molecule is Cc1cccc(C)c1P(C)(C)=O. The second-order valence-corrected chi connectivity index (χ2v) is 6.74. The van der Waals surface area contributed by atoms with Gasteiger partial charge in [0.05, 0.1) is 0 Å². The van der Waals surface area contributed by atoms with Crippen LogP contribution in [0.3, 0.4) is 0 Å². The molecule has 0 radical (unpaired) electrons. The molecular formula is C10H15OP. The number of hydrogen-bond donors (Lipinski definition) is 0. The van der Waals surface area contributed by atoms with Gasteiger partial charge in [-0.15, -0.1) is 0 Å². The van der Waals surface area contributed by atoms with Crippen molar-refractivity contribution in [3.05, 3.63) is 29.3 Å². The molecule has 2 heteroatoms. The number of rotatable bonds is 1. The molecule has 1 nitrogen and oxygen atoms in total. The van der Waals surface area contributed by atoms with Crippen LogP contribution in [-0.2, 0) is 4.57 Å². The maximum absolute atomic E-state index is 11.9. The molecule has 0 aliphatic rings. The van der Waals surface area contributed by atoms with Gasteiger partial charge in [0.1, 0.15) is 7.14 Å². The average molecular weight is 182 g/mol. The fourth-order valence-electron chi connectivity index (χ4n) is 1.66. The Bertz CT molecular complexity index is 315. The number of hydrogen-bond acceptors (Lipinski definition) is 1. The quantitative estimate of drug-likeness (QED) is 0.610. The van der Waals surface area contributed by atoms with Crippen molar-refractivity contribution in [1.82, 2.24) is 0 Å². The van der Waals surface area contributed by atoms with E-state index in [1.54, 1.807) is 0 Å². The Morgan fingerprint density at radius 2 is 1.50 bits per heavy atom. The third kappa shape index (κ3) is 1.78. The maximum atomic E-state index is 11.9. The molecule has 0 saturated carbocycles. The molecule has 0 unspecified atom stereocenters. The van der Waals surface area contributed by atoms with E-state index in [0.717, 1.165) is 16.4 Å². The first-order chi connectivity index (χ1) is 5.43. The molecule has 0 heterocycles. The zero-order valence-corrected chi connectivity index (χ0v) is 8.98. The highest BCUT2D eigenvalue weighted by Crippen LogP contribution is 2.37. The summed E-state index contributed by atoms with van der Waals surface area (Å²) in [6.07, 6.45) is 0. The highest BCUT2D eigenvalue weighted by atomic mass is 31.2. The zero-order valence-electron chi connectivity index (χ0n) is 8.09. The average Bonchev–Trinajstić information content (AvgIpc) is 1.82. The minimum absolute atomic E-state index is 1.05. The lowest BCUT2D eigenvalue weighted by Gasteiger charge is -2.13. The summed E-state index contributed by atoms with van der Waals surface area (Å²) in [4.78, 5) is 0. The molecule has 1 rings (SSSR count). The van der Waals surface area contributed by atoms with Gasteiger partial charge in [0, 0.05) is 5.30 Å². The lowest BCUT2D eigenvalue weighted by Crippen LogP contribution is -2.10. The fraction of sp³-hybridized carbons (Fsp3) is 0.400. The number of benzene rings is 1. The molecule has 0 aliphatic heterocycles. The summed E-state index contributed by atoms with van der Waals surface area (Å²) < 4.78 is 11.9. The van der Waals surface area contributed by atoms with Gasteiger partial charge in [-0.2, -0.15) is 0 Å². The largest absolute Gasteiger partial charge is 0.319 e. The Morgan fingerprint density at radius 3 is 1.75 bits per heavy atom. The minimum atomic E-state index is -2.09. The van der Waals surface area contributed by atoms with E-state index < -0.39 is 7.14 Å². The maximum Gasteiger partial charge on any atom is 0.110 e. The molecule has 0 spiro atoms. The third-order valence-corrected chi connectivity index (χ3v) is 3.76. The van der Waals surface area contributed by atoms with Crippen molar-refractivity contribution in [3.8, 4) is 0 Å². The Balaban J connectivity index is 3.42. The molecule has 0 atom stereocenters. The van der Waals surface area contributed by atoms with E-state index in [9.17, 15) is 4.57 Å². The molecule has 1 aromatic rings. The first-order valence-electron chi connectivity index (χ1n) is 4.04. The van der Waals surface area contributed by atoms with Gasteiger partial charge in [0.2, 0.25) is 0 Å². The van der Waals surface area contributed by atoms with Crippen molar-refractivity contribution in [2.75, 3.05) is 13.3 Å².